The highest BCUT2D eigenvalue weighted by atomic mass is 16.4. The number of nitrogens with one attached hydrogen (secondary N) is 5. The lowest BCUT2D eigenvalue weighted by Gasteiger charge is -2.30. The molecule has 24 nitrogen and oxygen atoms in total. The molecule has 5 rings (SSSR count). The molecule has 65 heavy (non-hydrogen) atoms. The van der Waals surface area contributed by atoms with E-state index >= 15 is 0 Å². The van der Waals surface area contributed by atoms with E-state index in [9.17, 15) is 58.5 Å². The second-order valence-electron chi connectivity index (χ2n) is 15.4. The summed E-state index contributed by atoms with van der Waals surface area (Å²) in [6.45, 7) is 2.66. The van der Waals surface area contributed by atoms with Crippen molar-refractivity contribution in [2.45, 2.75) is 57.2 Å². The minimum atomic E-state index is -1.37. The Kier molecular flexibility index (Phi) is 17.7. The van der Waals surface area contributed by atoms with E-state index in [4.69, 9.17) is 5.73 Å². The summed E-state index contributed by atoms with van der Waals surface area (Å²) in [6, 6.07) is 3.85. The first-order valence-corrected chi connectivity index (χ1v) is 20.9. The van der Waals surface area contributed by atoms with E-state index in [0.717, 1.165) is 6.29 Å². The number of carbonyl (C=O) groups is 6. The molecular weight excluding hydrogens is 853 g/mol. The van der Waals surface area contributed by atoms with Crippen molar-refractivity contribution in [3.63, 3.8) is 0 Å². The molecule has 348 valence electrons. The molecule has 1 aliphatic heterocycles. The smallest absolute Gasteiger partial charge is 0.326 e. The van der Waals surface area contributed by atoms with Gasteiger partial charge in [0.25, 0.3) is 11.5 Å². The van der Waals surface area contributed by atoms with Crippen molar-refractivity contribution in [2.75, 3.05) is 81.8 Å². The highest BCUT2D eigenvalue weighted by Crippen LogP contribution is 2.15. The van der Waals surface area contributed by atoms with E-state index in [1.807, 2.05) is 4.90 Å². The zero-order chi connectivity index (χ0) is 47.0. The number of nitrogen functional groups attached to an aromatic ring is 1. The molecular formula is C41H52N12O12. The Labute approximate surface area is 370 Å². The monoisotopic (exact) mass is 904 g/mol. The maximum absolute atomic E-state index is 12.9. The van der Waals surface area contributed by atoms with Gasteiger partial charge in [-0.3, -0.25) is 53.2 Å². The number of anilines is 3. The summed E-state index contributed by atoms with van der Waals surface area (Å²) in [7, 11) is 0. The van der Waals surface area contributed by atoms with Crippen molar-refractivity contribution in [3.05, 3.63) is 78.1 Å². The zero-order valence-electron chi connectivity index (χ0n) is 35.4. The van der Waals surface area contributed by atoms with Crippen LogP contribution in [0.2, 0.25) is 0 Å². The number of aromatic nitrogens is 4. The summed E-state index contributed by atoms with van der Waals surface area (Å²) in [5.74, 6) is -4.65. The highest BCUT2D eigenvalue weighted by molar-refractivity contribution is 5.97. The molecule has 2 aromatic carbocycles. The number of nitrogens with two attached hydrogens (primary N) is 1. The number of hydrogen-bond donors (Lipinski definition) is 9. The van der Waals surface area contributed by atoms with E-state index < -0.39 is 58.2 Å². The second-order valence-corrected chi connectivity index (χ2v) is 15.4. The third-order valence-electron chi connectivity index (χ3n) is 10.8. The van der Waals surface area contributed by atoms with E-state index in [1.165, 1.54) is 18.3 Å². The molecule has 0 radical (unpaired) electrons. The molecule has 1 unspecified atom stereocenters. The number of carboxylic acid groups (broad SMARTS) is 3. The first-order chi connectivity index (χ1) is 31.1. The molecule has 4 aromatic rings. The fraction of sp³-hybridized carbons (Fsp3) is 0.463. The number of amides is 2. The number of benzene rings is 1. The molecule has 10 N–H and O–H groups in total. The molecule has 0 aliphatic carbocycles. The van der Waals surface area contributed by atoms with Gasteiger partial charge in [-0.05, 0) is 56.4 Å². The van der Waals surface area contributed by atoms with E-state index in [2.05, 4.69) is 41.2 Å². The van der Waals surface area contributed by atoms with Crippen LogP contribution in [0.15, 0.2) is 44.8 Å². The number of H-pyrrole nitrogens is 1. The van der Waals surface area contributed by atoms with E-state index in [1.54, 1.807) is 21.9 Å². The van der Waals surface area contributed by atoms with Crippen LogP contribution in [0.3, 0.4) is 0 Å². The number of rotatable bonds is 24. The number of fused-ring (bicyclic) bond motifs is 1. The Balaban J connectivity index is 1.02. The van der Waals surface area contributed by atoms with Crippen LogP contribution in [0.4, 0.5) is 17.3 Å². The van der Waals surface area contributed by atoms with Gasteiger partial charge in [-0.25, -0.2) is 14.8 Å². The van der Waals surface area contributed by atoms with Crippen molar-refractivity contribution >= 4 is 64.5 Å². The lowest BCUT2D eigenvalue weighted by molar-refractivity contribution is -0.144. The number of aldehydes is 1. The number of carbonyl (C=O) groups excluding carboxylic acids is 3. The van der Waals surface area contributed by atoms with E-state index in [0.29, 0.717) is 57.1 Å². The molecule has 1 aliphatic rings. The SMILES string of the molecule is Nc1nc2ncc(CNc3ccc(C(=O)N[C@@H](CCC(=O)NCCCc4c(NCCCC(C(=O)O)N5CCN(CC=O)CCN(CC(=O)O)CC5)c(=O)c4=O)C(=O)O)cc3)nc2c(=O)[nH]1. The molecule has 2 atom stereocenters. The van der Waals surface area contributed by atoms with Crippen molar-refractivity contribution in [3.8, 4) is 0 Å². The third kappa shape index (κ3) is 14.2. The van der Waals surface area contributed by atoms with Gasteiger partial charge in [0.05, 0.1) is 37.2 Å². The first kappa shape index (κ1) is 48.8. The van der Waals surface area contributed by atoms with Gasteiger partial charge in [-0.1, -0.05) is 0 Å². The molecule has 0 spiro atoms. The highest BCUT2D eigenvalue weighted by Gasteiger charge is 2.28. The Morgan fingerprint density at radius 3 is 2.25 bits per heavy atom. The Hall–Kier alpha value is -7.18. The Morgan fingerprint density at radius 2 is 1.55 bits per heavy atom. The quantitative estimate of drug-likeness (QED) is 0.0210. The predicted molar refractivity (Wildman–Crippen MR) is 234 cm³/mol. The van der Waals surface area contributed by atoms with Gasteiger partial charge in [0.15, 0.2) is 11.2 Å². The summed E-state index contributed by atoms with van der Waals surface area (Å²) in [5, 5.41) is 40.2. The van der Waals surface area contributed by atoms with Gasteiger partial charge in [0.2, 0.25) is 22.7 Å². The van der Waals surface area contributed by atoms with Crippen LogP contribution in [-0.2, 0) is 36.9 Å². The number of hydrogen-bond acceptors (Lipinski definition) is 18. The number of carboxylic acids is 3. The maximum Gasteiger partial charge on any atom is 0.326 e. The van der Waals surface area contributed by atoms with Gasteiger partial charge in [-0.15, -0.1) is 0 Å². The van der Waals surface area contributed by atoms with Crippen molar-refractivity contribution in [1.29, 1.82) is 0 Å². The molecule has 1 fully saturated rings. The van der Waals surface area contributed by atoms with Crippen LogP contribution < -0.4 is 43.4 Å². The zero-order valence-corrected chi connectivity index (χ0v) is 35.4. The molecule has 2 amide bonds. The topological polar surface area (TPSA) is 353 Å². The molecule has 3 heterocycles. The largest absolute Gasteiger partial charge is 0.480 e. The van der Waals surface area contributed by atoms with Crippen LogP contribution >= 0.6 is 0 Å². The standard InChI is InChI=1S/C41H52N12O12/c42-41-49-36-33(38(61)50-41)47-26(22-46-36)21-45-25-7-5-24(6-8-25)37(60)48-28(39(62)63)9-10-30(55)43-11-1-3-27-32(35(59)34(27)58)44-12-2-4-29(40(64)65)53-17-15-51(19-20-54)13-14-52(16-18-53)23-31(56)57/h5-8,20,22,28-29,44-45H,1-4,9-19,21,23H2,(H,43,55)(H,48,60)(H,56,57)(H,62,63)(H,64,65)(H3,42,46,49,50,61)/t28-,29?/m0/s1. The maximum atomic E-state index is 12.9. The van der Waals surface area contributed by atoms with Gasteiger partial charge in [-0.2, -0.15) is 4.98 Å². The van der Waals surface area contributed by atoms with Crippen LogP contribution in [0.25, 0.3) is 11.2 Å². The minimum absolute atomic E-state index is 0.0245. The summed E-state index contributed by atoms with van der Waals surface area (Å²) in [4.78, 5) is 129. The summed E-state index contributed by atoms with van der Waals surface area (Å²) in [6.07, 6.45) is 2.71. The molecule has 0 saturated carbocycles. The third-order valence-corrected chi connectivity index (χ3v) is 10.8. The van der Waals surface area contributed by atoms with Crippen LogP contribution in [0.1, 0.15) is 53.7 Å². The Morgan fingerprint density at radius 1 is 0.846 bits per heavy atom. The van der Waals surface area contributed by atoms with Crippen molar-refractivity contribution < 1.29 is 44.1 Å². The summed E-state index contributed by atoms with van der Waals surface area (Å²) < 4.78 is 0. The van der Waals surface area contributed by atoms with Gasteiger partial charge in [0, 0.05) is 75.6 Å². The molecule has 0 bridgehead atoms. The van der Waals surface area contributed by atoms with Gasteiger partial charge >= 0.3 is 17.9 Å². The number of aromatic amines is 1. The average molecular weight is 905 g/mol. The number of nitrogens with zero attached hydrogens (tertiary/aromatic N) is 6. The Bertz CT molecular complexity index is 2470. The van der Waals surface area contributed by atoms with Gasteiger partial charge < -0.3 is 47.1 Å². The molecule has 2 aromatic heterocycles. The average Bonchev–Trinajstić information content (AvgIpc) is 3.36. The summed E-state index contributed by atoms with van der Waals surface area (Å²) >= 11 is 0. The van der Waals surface area contributed by atoms with Crippen LogP contribution in [0, 0.1) is 0 Å². The van der Waals surface area contributed by atoms with Crippen molar-refractivity contribution in [2.24, 2.45) is 0 Å². The van der Waals surface area contributed by atoms with Crippen molar-refractivity contribution in [1.82, 2.24) is 45.3 Å². The lowest BCUT2D eigenvalue weighted by Crippen LogP contribution is -2.47. The normalized spacial score (nSPS) is 15.0. The summed E-state index contributed by atoms with van der Waals surface area (Å²) in [5.41, 5.74) is 5.36. The molecule has 1 saturated heterocycles. The molecule has 24 heteroatoms. The lowest BCUT2D eigenvalue weighted by atomic mass is 10.0. The fourth-order valence-corrected chi connectivity index (χ4v) is 7.29. The predicted octanol–water partition coefficient (Wildman–Crippen LogP) is -1.94. The minimum Gasteiger partial charge on any atom is -0.480 e. The van der Waals surface area contributed by atoms with Gasteiger partial charge in [0.1, 0.15) is 18.4 Å². The van der Waals surface area contributed by atoms with Crippen LogP contribution in [0.5, 0.6) is 0 Å². The number of aliphatic carboxylic acids is 3. The van der Waals surface area contributed by atoms with Crippen LogP contribution in [-0.4, -0.2) is 163 Å². The second kappa shape index (κ2) is 23.5. The van der Waals surface area contributed by atoms with E-state index in [-0.39, 0.29) is 98.8 Å². The fourth-order valence-electron chi connectivity index (χ4n) is 7.29. The first-order valence-electron chi connectivity index (χ1n) is 20.9.